The van der Waals surface area contributed by atoms with Crippen molar-refractivity contribution < 1.29 is 17.6 Å². The molecule has 0 aliphatic carbocycles. The van der Waals surface area contributed by atoms with E-state index in [1.165, 1.54) is 0 Å². The molecular formula is C13H16BrClFNO3S. The number of rotatable bonds is 5. The molecule has 0 radical (unpaired) electrons. The van der Waals surface area contributed by atoms with E-state index in [9.17, 15) is 17.6 Å². The van der Waals surface area contributed by atoms with Gasteiger partial charge in [0.05, 0.1) is 10.0 Å². The van der Waals surface area contributed by atoms with Gasteiger partial charge in [0.25, 0.3) is 15.0 Å². The molecule has 0 saturated heterocycles. The fourth-order valence-corrected chi connectivity index (χ4v) is 3.72. The third-order valence-corrected chi connectivity index (χ3v) is 5.66. The summed E-state index contributed by atoms with van der Waals surface area (Å²) in [7, 11) is 1.07. The molecule has 1 amide bonds. The van der Waals surface area contributed by atoms with Gasteiger partial charge in [-0.05, 0) is 39.9 Å². The number of halogens is 3. The molecule has 8 heteroatoms. The van der Waals surface area contributed by atoms with Crippen molar-refractivity contribution in [2.24, 2.45) is 5.41 Å². The average Bonchev–Trinajstić information content (AvgIpc) is 2.37. The highest BCUT2D eigenvalue weighted by molar-refractivity contribution is 9.10. The van der Waals surface area contributed by atoms with Crippen molar-refractivity contribution in [2.75, 3.05) is 6.54 Å². The second kappa shape index (κ2) is 6.62. The summed E-state index contributed by atoms with van der Waals surface area (Å²) in [6.45, 7) is 6.32. The molecule has 1 rings (SSSR count). The molecule has 0 unspecified atom stereocenters. The molecule has 0 aliphatic rings. The molecule has 0 saturated carbocycles. The Hall–Kier alpha value is -0.660. The summed E-state index contributed by atoms with van der Waals surface area (Å²) in [5, 5.41) is 2.66. The average molecular weight is 401 g/mol. The number of amides is 1. The van der Waals surface area contributed by atoms with Crippen LogP contribution < -0.4 is 5.32 Å². The molecule has 0 aliphatic heterocycles. The Morgan fingerprint density at radius 1 is 1.43 bits per heavy atom. The molecule has 0 bridgehead atoms. The molecule has 1 aromatic rings. The monoisotopic (exact) mass is 399 g/mol. The van der Waals surface area contributed by atoms with Crippen molar-refractivity contribution >= 4 is 41.6 Å². The van der Waals surface area contributed by atoms with E-state index in [0.717, 1.165) is 18.6 Å². The Morgan fingerprint density at radius 2 is 2.00 bits per heavy atom. The van der Waals surface area contributed by atoms with Crippen LogP contribution in [0.1, 0.15) is 37.6 Å². The quantitative estimate of drug-likeness (QED) is 0.767. The van der Waals surface area contributed by atoms with Gasteiger partial charge in [0.1, 0.15) is 10.7 Å². The number of benzene rings is 1. The Kier molecular flexibility index (Phi) is 5.80. The highest BCUT2D eigenvalue weighted by Crippen LogP contribution is 2.30. The predicted molar refractivity (Wildman–Crippen MR) is 83.5 cm³/mol. The van der Waals surface area contributed by atoms with E-state index >= 15 is 0 Å². The largest absolute Gasteiger partial charge is 0.351 e. The van der Waals surface area contributed by atoms with Gasteiger partial charge in [-0.2, -0.15) is 0 Å². The lowest BCUT2D eigenvalue weighted by atomic mass is 9.90. The Bertz CT molecular complexity index is 662. The van der Waals surface area contributed by atoms with Gasteiger partial charge in [0, 0.05) is 17.2 Å². The van der Waals surface area contributed by atoms with Crippen molar-refractivity contribution in [1.29, 1.82) is 0 Å². The molecule has 118 valence electrons. The SMILES string of the molecule is CCC(C)(C)CNC(=O)c1cc(F)cc(S(=O)(=O)Cl)c1Br. The first-order chi connectivity index (χ1) is 9.48. The number of hydrogen-bond donors (Lipinski definition) is 1. The zero-order chi connectivity index (χ0) is 16.4. The van der Waals surface area contributed by atoms with E-state index in [0.29, 0.717) is 6.54 Å². The van der Waals surface area contributed by atoms with Crippen LogP contribution in [0.15, 0.2) is 21.5 Å². The van der Waals surface area contributed by atoms with Gasteiger partial charge in [-0.1, -0.05) is 20.8 Å². The lowest BCUT2D eigenvalue weighted by molar-refractivity contribution is 0.0934. The number of nitrogens with one attached hydrogen (secondary N) is 1. The van der Waals surface area contributed by atoms with Crippen molar-refractivity contribution in [2.45, 2.75) is 32.1 Å². The maximum Gasteiger partial charge on any atom is 0.262 e. The van der Waals surface area contributed by atoms with Gasteiger partial charge in [0.2, 0.25) is 0 Å². The fraction of sp³-hybridized carbons (Fsp3) is 0.462. The summed E-state index contributed by atoms with van der Waals surface area (Å²) in [5.41, 5.74) is -0.224. The first kappa shape index (κ1) is 18.4. The number of carbonyl (C=O) groups is 1. The third-order valence-electron chi connectivity index (χ3n) is 3.20. The van der Waals surface area contributed by atoms with Gasteiger partial charge in [0.15, 0.2) is 0 Å². The van der Waals surface area contributed by atoms with E-state index in [4.69, 9.17) is 10.7 Å². The summed E-state index contributed by atoms with van der Waals surface area (Å²) in [5.74, 6) is -1.42. The maximum absolute atomic E-state index is 13.5. The smallest absolute Gasteiger partial charge is 0.262 e. The van der Waals surface area contributed by atoms with Gasteiger partial charge >= 0.3 is 0 Å². The van der Waals surface area contributed by atoms with Crippen LogP contribution in [-0.2, 0) is 9.05 Å². The minimum absolute atomic E-state index is 0.0503. The molecule has 0 spiro atoms. The lowest BCUT2D eigenvalue weighted by Gasteiger charge is -2.23. The van der Waals surface area contributed by atoms with E-state index in [-0.39, 0.29) is 15.5 Å². The van der Waals surface area contributed by atoms with Crippen LogP contribution in [0, 0.1) is 11.2 Å². The van der Waals surface area contributed by atoms with Crippen LogP contribution in [0.5, 0.6) is 0 Å². The topological polar surface area (TPSA) is 63.2 Å². The molecule has 0 aromatic heterocycles. The molecule has 21 heavy (non-hydrogen) atoms. The normalized spacial score (nSPS) is 12.3. The van der Waals surface area contributed by atoms with Crippen LogP contribution in [0.4, 0.5) is 4.39 Å². The Morgan fingerprint density at radius 3 is 2.48 bits per heavy atom. The number of carbonyl (C=O) groups excluding carboxylic acids is 1. The van der Waals surface area contributed by atoms with Crippen LogP contribution in [0.2, 0.25) is 0 Å². The molecule has 1 aromatic carbocycles. The summed E-state index contributed by atoms with van der Waals surface area (Å²) < 4.78 is 36.2. The van der Waals surface area contributed by atoms with E-state index < -0.39 is 25.7 Å². The summed E-state index contributed by atoms with van der Waals surface area (Å²) >= 11 is 3.00. The fourth-order valence-electron chi connectivity index (χ4n) is 1.45. The second-order valence-corrected chi connectivity index (χ2v) is 8.73. The van der Waals surface area contributed by atoms with E-state index in [1.54, 1.807) is 0 Å². The third kappa shape index (κ3) is 4.93. The zero-order valence-corrected chi connectivity index (χ0v) is 15.0. The molecule has 0 heterocycles. The van der Waals surface area contributed by atoms with Crippen molar-refractivity contribution in [3.05, 3.63) is 28.0 Å². The van der Waals surface area contributed by atoms with Crippen molar-refractivity contribution in [3.8, 4) is 0 Å². The summed E-state index contributed by atoms with van der Waals surface area (Å²) in [6, 6.07) is 1.73. The Labute approximate surface area is 136 Å². The van der Waals surface area contributed by atoms with Crippen molar-refractivity contribution in [1.82, 2.24) is 5.32 Å². The highest BCUT2D eigenvalue weighted by atomic mass is 79.9. The first-order valence-corrected chi connectivity index (χ1v) is 9.30. The highest BCUT2D eigenvalue weighted by Gasteiger charge is 2.23. The van der Waals surface area contributed by atoms with Gasteiger partial charge < -0.3 is 5.32 Å². The maximum atomic E-state index is 13.5. The van der Waals surface area contributed by atoms with Crippen LogP contribution in [0.3, 0.4) is 0 Å². The molecule has 0 fully saturated rings. The van der Waals surface area contributed by atoms with Gasteiger partial charge in [-0.25, -0.2) is 12.8 Å². The van der Waals surface area contributed by atoms with Crippen molar-refractivity contribution in [3.63, 3.8) is 0 Å². The van der Waals surface area contributed by atoms with E-state index in [2.05, 4.69) is 21.2 Å². The molecule has 0 atom stereocenters. The van der Waals surface area contributed by atoms with E-state index in [1.807, 2.05) is 20.8 Å². The number of hydrogen-bond acceptors (Lipinski definition) is 3. The standard InChI is InChI=1S/C13H16BrClFNO3S/c1-4-13(2,3)7-17-12(18)9-5-8(16)6-10(11(9)14)21(15,19)20/h5-6H,4,7H2,1-3H3,(H,17,18). The molecule has 4 nitrogen and oxygen atoms in total. The zero-order valence-electron chi connectivity index (χ0n) is 11.8. The van der Waals surface area contributed by atoms with Crippen LogP contribution in [0.25, 0.3) is 0 Å². The minimum atomic E-state index is -4.15. The summed E-state index contributed by atoms with van der Waals surface area (Å²) in [6.07, 6.45) is 0.846. The summed E-state index contributed by atoms with van der Waals surface area (Å²) in [4.78, 5) is 11.6. The van der Waals surface area contributed by atoms with Crippen LogP contribution >= 0.6 is 26.6 Å². The van der Waals surface area contributed by atoms with Gasteiger partial charge in [-0.3, -0.25) is 4.79 Å². The predicted octanol–water partition coefficient (Wildman–Crippen LogP) is 3.68. The van der Waals surface area contributed by atoms with Crippen LogP contribution in [-0.4, -0.2) is 20.9 Å². The van der Waals surface area contributed by atoms with Gasteiger partial charge in [-0.15, -0.1) is 0 Å². The lowest BCUT2D eigenvalue weighted by Crippen LogP contribution is -2.34. The Balaban J connectivity index is 3.14. The molecular weight excluding hydrogens is 385 g/mol. The minimum Gasteiger partial charge on any atom is -0.351 e. The second-order valence-electron chi connectivity index (χ2n) is 5.40. The molecule has 1 N–H and O–H groups in total. The first-order valence-electron chi connectivity index (χ1n) is 6.20.